The van der Waals surface area contributed by atoms with E-state index in [0.29, 0.717) is 6.42 Å². The lowest BCUT2D eigenvalue weighted by atomic mass is 10.1. The Morgan fingerprint density at radius 1 is 1.17 bits per heavy atom. The maximum Gasteiger partial charge on any atom is 0.404 e. The molecule has 0 aliphatic carbocycles. The number of hydrogen-bond donors (Lipinski definition) is 4. The van der Waals surface area contributed by atoms with E-state index in [9.17, 15) is 9.59 Å². The van der Waals surface area contributed by atoms with Crippen molar-refractivity contribution in [1.29, 1.82) is 0 Å². The van der Waals surface area contributed by atoms with Crippen LogP contribution in [0.25, 0.3) is 0 Å². The van der Waals surface area contributed by atoms with Crippen LogP contribution in [0.4, 0.5) is 4.79 Å². The van der Waals surface area contributed by atoms with Crippen LogP contribution in [0.5, 0.6) is 0 Å². The Labute approximate surface area is 105 Å². The summed E-state index contributed by atoms with van der Waals surface area (Å²) in [5.41, 5.74) is 6.73. The predicted octanol–water partition coefficient (Wildman–Crippen LogP) is -0.0598. The van der Waals surface area contributed by atoms with Crippen molar-refractivity contribution in [3.63, 3.8) is 0 Å². The Morgan fingerprint density at radius 3 is 2.39 bits per heavy atom. The average Bonchev–Trinajstić information content (AvgIpc) is 2.35. The zero-order valence-electron chi connectivity index (χ0n) is 9.93. The average molecular weight is 251 g/mol. The highest BCUT2D eigenvalue weighted by Crippen LogP contribution is 2.01. The van der Waals surface area contributed by atoms with Crippen molar-refractivity contribution in [3.8, 4) is 0 Å². The number of carbonyl (C=O) groups excluding carboxylic acids is 1. The van der Waals surface area contributed by atoms with Crippen LogP contribution in [0.15, 0.2) is 30.3 Å². The fourth-order valence-electron chi connectivity index (χ4n) is 1.45. The maximum absolute atomic E-state index is 11.6. The summed E-state index contributed by atoms with van der Waals surface area (Å²) in [7, 11) is 0. The van der Waals surface area contributed by atoms with Gasteiger partial charge in [0.15, 0.2) is 0 Å². The van der Waals surface area contributed by atoms with E-state index in [0.717, 1.165) is 5.56 Å². The summed E-state index contributed by atoms with van der Waals surface area (Å²) in [5, 5.41) is 13.1. The number of nitrogens with one attached hydrogen (secondary N) is 2. The summed E-state index contributed by atoms with van der Waals surface area (Å²) in [6.07, 6.45) is -0.656. The van der Waals surface area contributed by atoms with Crippen LogP contribution < -0.4 is 16.4 Å². The van der Waals surface area contributed by atoms with Gasteiger partial charge in [0.05, 0.1) is 6.04 Å². The number of nitrogens with two attached hydrogens (primary N) is 1. The lowest BCUT2D eigenvalue weighted by Crippen LogP contribution is -2.44. The molecule has 5 N–H and O–H groups in total. The van der Waals surface area contributed by atoms with E-state index < -0.39 is 12.1 Å². The minimum absolute atomic E-state index is 0.166. The van der Waals surface area contributed by atoms with Gasteiger partial charge in [0, 0.05) is 13.1 Å². The number of benzene rings is 1. The van der Waals surface area contributed by atoms with Crippen LogP contribution >= 0.6 is 0 Å². The van der Waals surface area contributed by atoms with Crippen molar-refractivity contribution in [2.45, 2.75) is 12.5 Å². The summed E-state index contributed by atoms with van der Waals surface area (Å²) in [5.74, 6) is -0.286. The molecule has 18 heavy (non-hydrogen) atoms. The van der Waals surface area contributed by atoms with Gasteiger partial charge in [0.1, 0.15) is 0 Å². The second-order valence-electron chi connectivity index (χ2n) is 3.82. The second kappa shape index (κ2) is 7.29. The highest BCUT2D eigenvalue weighted by Gasteiger charge is 2.13. The fraction of sp³-hybridized carbons (Fsp3) is 0.333. The lowest BCUT2D eigenvalue weighted by Gasteiger charge is -2.12. The van der Waals surface area contributed by atoms with Crippen molar-refractivity contribution in [2.24, 2.45) is 5.73 Å². The third kappa shape index (κ3) is 5.31. The minimum Gasteiger partial charge on any atom is -0.465 e. The van der Waals surface area contributed by atoms with Crippen LogP contribution in [-0.2, 0) is 11.2 Å². The summed E-state index contributed by atoms with van der Waals surface area (Å²) >= 11 is 0. The third-order valence-corrected chi connectivity index (χ3v) is 2.34. The number of rotatable bonds is 6. The molecular weight excluding hydrogens is 234 g/mol. The first kappa shape index (κ1) is 14.0. The molecule has 2 amide bonds. The highest BCUT2D eigenvalue weighted by molar-refractivity contribution is 5.81. The first-order valence-electron chi connectivity index (χ1n) is 5.63. The fourth-order valence-corrected chi connectivity index (χ4v) is 1.45. The number of amides is 2. The Hall–Kier alpha value is -2.08. The molecule has 0 radical (unpaired) electrons. The van der Waals surface area contributed by atoms with Crippen molar-refractivity contribution in [3.05, 3.63) is 35.9 Å². The van der Waals surface area contributed by atoms with Crippen molar-refractivity contribution in [1.82, 2.24) is 10.6 Å². The summed E-state index contributed by atoms with van der Waals surface area (Å²) < 4.78 is 0. The molecule has 0 unspecified atom stereocenters. The molecule has 0 saturated heterocycles. The van der Waals surface area contributed by atoms with Crippen molar-refractivity contribution < 1.29 is 14.7 Å². The largest absolute Gasteiger partial charge is 0.465 e. The molecule has 0 fully saturated rings. The molecule has 1 atom stereocenters. The van der Waals surface area contributed by atoms with Gasteiger partial charge in [-0.05, 0) is 12.0 Å². The van der Waals surface area contributed by atoms with E-state index in [1.165, 1.54) is 0 Å². The molecule has 6 nitrogen and oxygen atoms in total. The third-order valence-electron chi connectivity index (χ3n) is 2.34. The van der Waals surface area contributed by atoms with Gasteiger partial charge < -0.3 is 21.5 Å². The quantitative estimate of drug-likeness (QED) is 0.532. The molecule has 0 bridgehead atoms. The standard InChI is InChI=1S/C12H17N3O3/c13-10(8-9-4-2-1-3-5-9)11(16)14-6-7-15-12(17)18/h1-5,10,15H,6-8,13H2,(H,14,16)(H,17,18)/t10-/m1/s1. The summed E-state index contributed by atoms with van der Waals surface area (Å²) in [4.78, 5) is 21.8. The molecule has 1 aromatic rings. The Kier molecular flexibility index (Phi) is 5.66. The predicted molar refractivity (Wildman–Crippen MR) is 67.2 cm³/mol. The summed E-state index contributed by atoms with van der Waals surface area (Å²) in [6.45, 7) is 0.396. The molecule has 0 heterocycles. The molecule has 0 saturated carbocycles. The lowest BCUT2D eigenvalue weighted by molar-refractivity contribution is -0.122. The normalized spacial score (nSPS) is 11.6. The maximum atomic E-state index is 11.6. The zero-order chi connectivity index (χ0) is 13.4. The molecule has 1 aromatic carbocycles. The highest BCUT2D eigenvalue weighted by atomic mass is 16.4. The van der Waals surface area contributed by atoms with Crippen LogP contribution in [0.3, 0.4) is 0 Å². The molecule has 0 aromatic heterocycles. The van der Waals surface area contributed by atoms with E-state index in [1.807, 2.05) is 30.3 Å². The van der Waals surface area contributed by atoms with E-state index >= 15 is 0 Å². The van der Waals surface area contributed by atoms with E-state index in [1.54, 1.807) is 0 Å². The summed E-state index contributed by atoms with van der Waals surface area (Å²) in [6, 6.07) is 8.84. The van der Waals surface area contributed by atoms with E-state index in [2.05, 4.69) is 10.6 Å². The van der Waals surface area contributed by atoms with Crippen LogP contribution in [0, 0.1) is 0 Å². The zero-order valence-corrected chi connectivity index (χ0v) is 9.93. The minimum atomic E-state index is -1.11. The Morgan fingerprint density at radius 2 is 1.78 bits per heavy atom. The second-order valence-corrected chi connectivity index (χ2v) is 3.82. The molecule has 6 heteroatoms. The molecule has 0 spiro atoms. The molecule has 0 aliphatic rings. The molecular formula is C12H17N3O3. The van der Waals surface area contributed by atoms with Gasteiger partial charge in [0.2, 0.25) is 5.91 Å². The van der Waals surface area contributed by atoms with Gasteiger partial charge in [0.25, 0.3) is 0 Å². The van der Waals surface area contributed by atoms with E-state index in [4.69, 9.17) is 10.8 Å². The topological polar surface area (TPSA) is 104 Å². The number of hydrogen-bond acceptors (Lipinski definition) is 3. The van der Waals surface area contributed by atoms with Gasteiger partial charge >= 0.3 is 6.09 Å². The van der Waals surface area contributed by atoms with Crippen LogP contribution in [-0.4, -0.2) is 36.2 Å². The van der Waals surface area contributed by atoms with Gasteiger partial charge in [-0.3, -0.25) is 4.79 Å². The number of carboxylic acid groups (broad SMARTS) is 1. The van der Waals surface area contributed by atoms with Gasteiger partial charge in [-0.15, -0.1) is 0 Å². The SMILES string of the molecule is N[C@H](Cc1ccccc1)C(=O)NCCNC(=O)O. The Balaban J connectivity index is 2.27. The molecule has 0 aliphatic heterocycles. The molecule has 98 valence electrons. The van der Waals surface area contributed by atoms with Gasteiger partial charge in [-0.1, -0.05) is 30.3 Å². The van der Waals surface area contributed by atoms with E-state index in [-0.39, 0.29) is 19.0 Å². The van der Waals surface area contributed by atoms with Crippen molar-refractivity contribution in [2.75, 3.05) is 13.1 Å². The Bertz CT molecular complexity index is 395. The van der Waals surface area contributed by atoms with Crippen LogP contribution in [0.1, 0.15) is 5.56 Å². The monoisotopic (exact) mass is 251 g/mol. The van der Waals surface area contributed by atoms with Crippen LogP contribution in [0.2, 0.25) is 0 Å². The first-order chi connectivity index (χ1) is 8.59. The van der Waals surface area contributed by atoms with Crippen molar-refractivity contribution >= 4 is 12.0 Å². The smallest absolute Gasteiger partial charge is 0.404 e. The first-order valence-corrected chi connectivity index (χ1v) is 5.63. The number of carbonyl (C=O) groups is 2. The van der Waals surface area contributed by atoms with Gasteiger partial charge in [-0.25, -0.2) is 4.79 Å². The molecule has 1 rings (SSSR count). The van der Waals surface area contributed by atoms with Gasteiger partial charge in [-0.2, -0.15) is 0 Å².